The first-order valence-corrected chi connectivity index (χ1v) is 13.8. The molecule has 1 spiro atoms. The largest absolute Gasteiger partial charge is 0.573 e. The van der Waals surface area contributed by atoms with Crippen LogP contribution < -0.4 is 9.64 Å². The minimum Gasteiger partial charge on any atom is -0.478 e. The number of nitrogens with zero attached hydrogens (tertiary/aromatic N) is 3. The molecule has 222 valence electrons. The highest BCUT2D eigenvalue weighted by atomic mass is 19.4. The Bertz CT molecular complexity index is 1610. The molecule has 8 nitrogen and oxygen atoms in total. The Kier molecular flexibility index (Phi) is 7.35. The predicted octanol–water partition coefficient (Wildman–Crippen LogP) is 6.73. The van der Waals surface area contributed by atoms with Crippen LogP contribution in [0.25, 0.3) is 16.8 Å². The molecule has 0 aliphatic carbocycles. The van der Waals surface area contributed by atoms with Gasteiger partial charge in [-0.25, -0.2) is 9.59 Å². The van der Waals surface area contributed by atoms with Gasteiger partial charge >= 0.3 is 18.4 Å². The molecule has 4 aromatic rings. The number of aromatic nitrogens is 1. The van der Waals surface area contributed by atoms with E-state index in [0.29, 0.717) is 44.7 Å². The van der Waals surface area contributed by atoms with Crippen LogP contribution >= 0.6 is 0 Å². The highest BCUT2D eigenvalue weighted by Gasteiger charge is 2.47. The van der Waals surface area contributed by atoms with E-state index in [4.69, 9.17) is 9.84 Å². The number of halogens is 3. The third-order valence-corrected chi connectivity index (χ3v) is 7.92. The van der Waals surface area contributed by atoms with E-state index >= 15 is 0 Å². The van der Waals surface area contributed by atoms with Crippen molar-refractivity contribution >= 4 is 17.7 Å². The molecule has 3 aromatic carbocycles. The monoisotopic (exact) mass is 591 g/mol. The number of carboxylic acid groups (broad SMARTS) is 1. The third kappa shape index (κ3) is 6.21. The standard InChI is InChI=1S/C32H28F3N3O5/c33-32(34,35)42-27-12-8-22(9-13-27)28-20-37(25-4-2-1-3-5-25)19-24(28)18-36-16-14-31(15-17-36)21-38(30(41)43-31)26-10-6-23(7-11-26)29(39)40/h1-13,19-20H,14-18,21H2,(H,39,40). The molecule has 3 heterocycles. The van der Waals surface area contributed by atoms with E-state index in [1.165, 1.54) is 24.3 Å². The van der Waals surface area contributed by atoms with Gasteiger partial charge in [0.25, 0.3) is 0 Å². The predicted molar refractivity (Wildman–Crippen MR) is 152 cm³/mol. The van der Waals surface area contributed by atoms with Gasteiger partial charge in [-0.05, 0) is 59.7 Å². The maximum atomic E-state index is 12.8. The Balaban J connectivity index is 1.17. The van der Waals surface area contributed by atoms with E-state index in [0.717, 1.165) is 22.4 Å². The minimum absolute atomic E-state index is 0.144. The van der Waals surface area contributed by atoms with Gasteiger partial charge in [0.1, 0.15) is 11.4 Å². The molecule has 0 atom stereocenters. The number of carbonyl (C=O) groups is 2. The lowest BCUT2D eigenvalue weighted by atomic mass is 9.91. The van der Waals surface area contributed by atoms with Crippen molar-refractivity contribution in [3.05, 3.63) is 102 Å². The van der Waals surface area contributed by atoms with Crippen LogP contribution in [0.5, 0.6) is 5.75 Å². The molecule has 0 radical (unpaired) electrons. The molecule has 1 N–H and O–H groups in total. The van der Waals surface area contributed by atoms with E-state index < -0.39 is 24.0 Å². The van der Waals surface area contributed by atoms with Gasteiger partial charge in [0.15, 0.2) is 0 Å². The fourth-order valence-corrected chi connectivity index (χ4v) is 5.69. The molecule has 0 bridgehead atoms. The van der Waals surface area contributed by atoms with Crippen LogP contribution in [0.4, 0.5) is 23.7 Å². The fraction of sp³-hybridized carbons (Fsp3) is 0.250. The number of piperidine rings is 1. The van der Waals surface area contributed by atoms with Crippen molar-refractivity contribution in [2.24, 2.45) is 0 Å². The third-order valence-electron chi connectivity index (χ3n) is 7.92. The lowest BCUT2D eigenvalue weighted by Gasteiger charge is -2.37. The van der Waals surface area contributed by atoms with Crippen LogP contribution in [0.3, 0.4) is 0 Å². The van der Waals surface area contributed by atoms with Crippen molar-refractivity contribution in [1.29, 1.82) is 0 Å². The summed E-state index contributed by atoms with van der Waals surface area (Å²) < 4.78 is 50.0. The van der Waals surface area contributed by atoms with E-state index in [1.807, 2.05) is 47.3 Å². The molecule has 0 unspecified atom stereocenters. The van der Waals surface area contributed by atoms with E-state index in [1.54, 1.807) is 29.2 Å². The highest BCUT2D eigenvalue weighted by Crippen LogP contribution is 2.37. The number of aromatic carboxylic acids is 1. The number of ether oxygens (including phenoxy) is 2. The second-order valence-corrected chi connectivity index (χ2v) is 10.8. The average Bonchev–Trinajstić information content (AvgIpc) is 3.55. The summed E-state index contributed by atoms with van der Waals surface area (Å²) in [6.07, 6.45) is 0.0537. The number of anilines is 1. The van der Waals surface area contributed by atoms with Gasteiger partial charge in [0.2, 0.25) is 0 Å². The summed E-state index contributed by atoms with van der Waals surface area (Å²) in [5.74, 6) is -1.31. The van der Waals surface area contributed by atoms with Crippen LogP contribution in [0.1, 0.15) is 28.8 Å². The van der Waals surface area contributed by atoms with Crippen LogP contribution in [-0.4, -0.2) is 58.2 Å². The topological polar surface area (TPSA) is 84.2 Å². The Labute approximate surface area is 245 Å². The molecule has 2 fully saturated rings. The van der Waals surface area contributed by atoms with Crippen LogP contribution in [0.2, 0.25) is 0 Å². The second kappa shape index (κ2) is 11.1. The van der Waals surface area contributed by atoms with Gasteiger partial charge in [-0.3, -0.25) is 9.80 Å². The Morgan fingerprint density at radius 3 is 2.21 bits per heavy atom. The summed E-state index contributed by atoms with van der Waals surface area (Å²) in [6, 6.07) is 21.8. The number of likely N-dealkylation sites (tertiary alicyclic amines) is 1. The van der Waals surface area contributed by atoms with Gasteiger partial charge in [-0.1, -0.05) is 30.3 Å². The summed E-state index contributed by atoms with van der Waals surface area (Å²) in [4.78, 5) is 27.8. The number of carbonyl (C=O) groups excluding carboxylic acids is 1. The van der Waals surface area contributed by atoms with E-state index in [2.05, 4.69) is 9.64 Å². The first-order valence-electron chi connectivity index (χ1n) is 13.8. The Morgan fingerprint density at radius 1 is 0.907 bits per heavy atom. The molecular formula is C32H28F3N3O5. The summed E-state index contributed by atoms with van der Waals surface area (Å²) in [5, 5.41) is 9.16. The van der Waals surface area contributed by atoms with Crippen molar-refractivity contribution in [1.82, 2.24) is 9.47 Å². The molecule has 2 aliphatic rings. The van der Waals surface area contributed by atoms with Crippen molar-refractivity contribution in [2.45, 2.75) is 31.3 Å². The van der Waals surface area contributed by atoms with E-state index in [-0.39, 0.29) is 11.3 Å². The normalized spacial score (nSPS) is 16.8. The van der Waals surface area contributed by atoms with Crippen molar-refractivity contribution in [3.63, 3.8) is 0 Å². The zero-order chi connectivity index (χ0) is 30.2. The number of hydrogen-bond acceptors (Lipinski definition) is 5. The number of carboxylic acids is 1. The highest BCUT2D eigenvalue weighted by molar-refractivity contribution is 5.92. The molecule has 1 aromatic heterocycles. The molecule has 43 heavy (non-hydrogen) atoms. The van der Waals surface area contributed by atoms with E-state index in [9.17, 15) is 22.8 Å². The molecule has 2 saturated heterocycles. The molecule has 0 saturated carbocycles. The lowest BCUT2D eigenvalue weighted by Crippen LogP contribution is -2.46. The fourth-order valence-electron chi connectivity index (χ4n) is 5.69. The number of amides is 1. The number of rotatable bonds is 7. The van der Waals surface area contributed by atoms with Gasteiger partial charge < -0.3 is 19.1 Å². The SMILES string of the molecule is O=C(O)c1ccc(N2CC3(CCN(Cc4cn(-c5ccccc5)cc4-c4ccc(OC(F)(F)F)cc4)CC3)OC2=O)cc1. The van der Waals surface area contributed by atoms with Crippen molar-refractivity contribution < 1.29 is 37.3 Å². The maximum absolute atomic E-state index is 12.8. The Hall–Kier alpha value is -4.77. The minimum atomic E-state index is -4.76. The Morgan fingerprint density at radius 2 is 1.58 bits per heavy atom. The van der Waals surface area contributed by atoms with Crippen molar-refractivity contribution in [2.75, 3.05) is 24.5 Å². The number of alkyl halides is 3. The van der Waals surface area contributed by atoms with Gasteiger partial charge in [-0.15, -0.1) is 13.2 Å². The molecule has 1 amide bonds. The van der Waals surface area contributed by atoms with Gasteiger partial charge in [-0.2, -0.15) is 0 Å². The maximum Gasteiger partial charge on any atom is 0.573 e. The smallest absolute Gasteiger partial charge is 0.478 e. The molecular weight excluding hydrogens is 563 g/mol. The summed E-state index contributed by atoms with van der Waals surface area (Å²) >= 11 is 0. The van der Waals surface area contributed by atoms with Crippen LogP contribution in [0.15, 0.2) is 91.3 Å². The van der Waals surface area contributed by atoms with Crippen LogP contribution in [-0.2, 0) is 11.3 Å². The first-order chi connectivity index (χ1) is 20.6. The quantitative estimate of drug-likeness (QED) is 0.257. The lowest BCUT2D eigenvalue weighted by molar-refractivity contribution is -0.274. The summed E-state index contributed by atoms with van der Waals surface area (Å²) in [6.45, 7) is 2.33. The number of hydrogen-bond donors (Lipinski definition) is 1. The number of para-hydroxylation sites is 1. The van der Waals surface area contributed by atoms with Gasteiger partial charge in [0.05, 0.1) is 12.1 Å². The molecule has 11 heteroatoms. The summed E-state index contributed by atoms with van der Waals surface area (Å²) in [7, 11) is 0. The molecule has 6 rings (SSSR count). The van der Waals surface area contributed by atoms with Crippen LogP contribution in [0, 0.1) is 0 Å². The second-order valence-electron chi connectivity index (χ2n) is 10.8. The first kappa shape index (κ1) is 28.4. The average molecular weight is 592 g/mol. The molecule has 2 aliphatic heterocycles. The summed E-state index contributed by atoms with van der Waals surface area (Å²) in [5.41, 5.74) is 3.73. The number of benzene rings is 3. The van der Waals surface area contributed by atoms with Crippen molar-refractivity contribution in [3.8, 4) is 22.6 Å². The zero-order valence-corrected chi connectivity index (χ0v) is 23.0. The van der Waals surface area contributed by atoms with Gasteiger partial charge in [0, 0.05) is 61.8 Å². The zero-order valence-electron chi connectivity index (χ0n) is 23.0.